The third kappa shape index (κ3) is 20.8. The Labute approximate surface area is 218 Å². The predicted molar refractivity (Wildman–Crippen MR) is 149 cm³/mol. The van der Waals surface area contributed by atoms with Crippen molar-refractivity contribution < 1.29 is 19.8 Å². The van der Waals surface area contributed by atoms with E-state index in [-0.39, 0.29) is 6.42 Å². The van der Waals surface area contributed by atoms with E-state index in [0.29, 0.717) is 6.42 Å². The molecule has 0 aromatic carbocycles. The van der Waals surface area contributed by atoms with Crippen molar-refractivity contribution in [3.63, 3.8) is 0 Å². The molecule has 4 heteroatoms. The first-order chi connectivity index (χ1) is 16.7. The summed E-state index contributed by atoms with van der Waals surface area (Å²) in [5.74, 6) is 0.237. The first kappa shape index (κ1) is 33.9. The van der Waals surface area contributed by atoms with E-state index in [1.165, 1.54) is 64.2 Å². The van der Waals surface area contributed by atoms with Crippen molar-refractivity contribution in [1.29, 1.82) is 0 Å². The van der Waals surface area contributed by atoms with Gasteiger partial charge in [-0.25, -0.2) is 0 Å². The van der Waals surface area contributed by atoms with Gasteiger partial charge in [0.05, 0.1) is 5.41 Å². The number of carboxylic acid groups (broad SMARTS) is 2. The van der Waals surface area contributed by atoms with Crippen LogP contribution in [-0.4, -0.2) is 22.2 Å². The van der Waals surface area contributed by atoms with Crippen LogP contribution in [0.5, 0.6) is 0 Å². The summed E-state index contributed by atoms with van der Waals surface area (Å²) in [5.41, 5.74) is -0.581. The van der Waals surface area contributed by atoms with E-state index in [4.69, 9.17) is 5.11 Å². The first-order valence-corrected chi connectivity index (χ1v) is 15.1. The SMILES string of the molecule is CC(C)CCCCCCCCC(CCCCCCCCC(C)C)(CCCCCCC(=O)O)C(=O)O. The maximum atomic E-state index is 12.5. The Balaban J connectivity index is 4.49. The van der Waals surface area contributed by atoms with Gasteiger partial charge in [0.2, 0.25) is 0 Å². The lowest BCUT2D eigenvalue weighted by Gasteiger charge is -2.30. The third-order valence-corrected chi connectivity index (χ3v) is 7.62. The minimum absolute atomic E-state index is 0.221. The summed E-state index contributed by atoms with van der Waals surface area (Å²) >= 11 is 0. The molecule has 0 aliphatic rings. The molecular formula is C31H60O4. The second-order valence-corrected chi connectivity index (χ2v) is 12.0. The lowest BCUT2D eigenvalue weighted by atomic mass is 9.74. The summed E-state index contributed by atoms with van der Waals surface area (Å²) in [6.45, 7) is 9.13. The van der Waals surface area contributed by atoms with Gasteiger partial charge in [-0.3, -0.25) is 9.59 Å². The van der Waals surface area contributed by atoms with Crippen LogP contribution in [0.25, 0.3) is 0 Å². The van der Waals surface area contributed by atoms with Crippen molar-refractivity contribution in [2.45, 2.75) is 169 Å². The van der Waals surface area contributed by atoms with Crippen LogP contribution in [-0.2, 0) is 9.59 Å². The molecule has 0 spiro atoms. The van der Waals surface area contributed by atoms with Gasteiger partial charge in [0.15, 0.2) is 0 Å². The lowest BCUT2D eigenvalue weighted by molar-refractivity contribution is -0.150. The normalized spacial score (nSPS) is 12.1. The van der Waals surface area contributed by atoms with Crippen molar-refractivity contribution in [2.24, 2.45) is 17.3 Å². The highest BCUT2D eigenvalue weighted by Crippen LogP contribution is 2.38. The summed E-state index contributed by atoms with van der Waals surface area (Å²) in [5, 5.41) is 19.1. The standard InChI is InChI=1S/C31H60O4/c1-27(2)21-15-9-5-7-12-18-24-31(30(34)35,26-20-14-11-17-23-29(32)33)25-19-13-8-6-10-16-22-28(3)4/h27-28H,5-26H2,1-4H3,(H,32,33)(H,34,35). The molecule has 0 radical (unpaired) electrons. The number of hydrogen-bond acceptors (Lipinski definition) is 2. The average molecular weight is 497 g/mol. The number of aliphatic carboxylic acids is 2. The van der Waals surface area contributed by atoms with Crippen LogP contribution in [0.15, 0.2) is 0 Å². The van der Waals surface area contributed by atoms with Gasteiger partial charge in [-0.1, -0.05) is 137 Å². The van der Waals surface area contributed by atoms with Crippen LogP contribution in [0.1, 0.15) is 169 Å². The third-order valence-electron chi connectivity index (χ3n) is 7.62. The molecule has 0 amide bonds. The maximum absolute atomic E-state index is 12.5. The van der Waals surface area contributed by atoms with Gasteiger partial charge in [-0.2, -0.15) is 0 Å². The molecule has 0 aromatic heterocycles. The van der Waals surface area contributed by atoms with Crippen molar-refractivity contribution in [2.75, 3.05) is 0 Å². The Kier molecular flexibility index (Phi) is 21.5. The molecule has 0 heterocycles. The number of unbranched alkanes of at least 4 members (excludes halogenated alkanes) is 13. The summed E-state index contributed by atoms with van der Waals surface area (Å²) < 4.78 is 0. The molecule has 0 fully saturated rings. The molecule has 0 rings (SSSR count). The molecule has 0 aliphatic heterocycles. The Morgan fingerprint density at radius 1 is 0.514 bits per heavy atom. The van der Waals surface area contributed by atoms with E-state index < -0.39 is 17.4 Å². The van der Waals surface area contributed by atoms with Crippen molar-refractivity contribution >= 4 is 11.9 Å². The van der Waals surface area contributed by atoms with E-state index in [0.717, 1.165) is 76.0 Å². The number of rotatable bonds is 26. The lowest BCUT2D eigenvalue weighted by Crippen LogP contribution is -2.31. The van der Waals surface area contributed by atoms with Gasteiger partial charge in [-0.15, -0.1) is 0 Å². The Hall–Kier alpha value is -1.06. The molecule has 0 saturated carbocycles. The maximum Gasteiger partial charge on any atom is 0.309 e. The summed E-state index contributed by atoms with van der Waals surface area (Å²) in [6, 6.07) is 0. The van der Waals surface area contributed by atoms with Crippen LogP contribution in [0.4, 0.5) is 0 Å². The first-order valence-electron chi connectivity index (χ1n) is 15.1. The average Bonchev–Trinajstić information content (AvgIpc) is 2.78. The highest BCUT2D eigenvalue weighted by molar-refractivity contribution is 5.74. The second kappa shape index (κ2) is 22.2. The molecule has 2 N–H and O–H groups in total. The minimum atomic E-state index is -0.738. The van der Waals surface area contributed by atoms with E-state index in [1.54, 1.807) is 0 Å². The number of carbonyl (C=O) groups is 2. The molecule has 0 saturated heterocycles. The van der Waals surface area contributed by atoms with E-state index in [9.17, 15) is 14.7 Å². The topological polar surface area (TPSA) is 74.6 Å². The molecule has 0 unspecified atom stereocenters. The number of carboxylic acids is 2. The molecule has 0 bridgehead atoms. The van der Waals surface area contributed by atoms with Gasteiger partial charge in [0.25, 0.3) is 0 Å². The molecular weight excluding hydrogens is 436 g/mol. The highest BCUT2D eigenvalue weighted by atomic mass is 16.4. The van der Waals surface area contributed by atoms with Crippen molar-refractivity contribution in [1.82, 2.24) is 0 Å². The zero-order valence-electron chi connectivity index (χ0n) is 23.9. The van der Waals surface area contributed by atoms with Gasteiger partial charge in [-0.05, 0) is 37.5 Å². The van der Waals surface area contributed by atoms with E-state index >= 15 is 0 Å². The zero-order valence-corrected chi connectivity index (χ0v) is 23.9. The molecule has 4 nitrogen and oxygen atoms in total. The van der Waals surface area contributed by atoms with Crippen molar-refractivity contribution in [3.8, 4) is 0 Å². The van der Waals surface area contributed by atoms with Crippen LogP contribution in [0.3, 0.4) is 0 Å². The molecule has 35 heavy (non-hydrogen) atoms. The predicted octanol–water partition coefficient (Wildman–Crippen LogP) is 10.0. The Morgan fingerprint density at radius 2 is 0.829 bits per heavy atom. The van der Waals surface area contributed by atoms with Crippen LogP contribution < -0.4 is 0 Å². The molecule has 0 atom stereocenters. The largest absolute Gasteiger partial charge is 0.481 e. The van der Waals surface area contributed by atoms with Gasteiger partial charge in [0.1, 0.15) is 0 Å². The summed E-state index contributed by atoms with van der Waals surface area (Å²) in [7, 11) is 0. The number of hydrogen-bond donors (Lipinski definition) is 2. The van der Waals surface area contributed by atoms with Gasteiger partial charge < -0.3 is 10.2 Å². The van der Waals surface area contributed by atoms with Crippen LogP contribution in [0.2, 0.25) is 0 Å². The van der Waals surface area contributed by atoms with Crippen LogP contribution in [0, 0.1) is 17.3 Å². The quantitative estimate of drug-likeness (QED) is 0.117. The molecule has 208 valence electrons. The Bertz CT molecular complexity index is 488. The van der Waals surface area contributed by atoms with Gasteiger partial charge >= 0.3 is 11.9 Å². The fraction of sp³-hybridized carbons (Fsp3) is 0.935. The summed E-state index contributed by atoms with van der Waals surface area (Å²) in [4.78, 5) is 23.2. The van der Waals surface area contributed by atoms with E-state index in [2.05, 4.69) is 27.7 Å². The highest BCUT2D eigenvalue weighted by Gasteiger charge is 2.36. The zero-order chi connectivity index (χ0) is 26.4. The molecule has 0 aliphatic carbocycles. The van der Waals surface area contributed by atoms with Crippen LogP contribution >= 0.6 is 0 Å². The fourth-order valence-corrected chi connectivity index (χ4v) is 5.24. The van der Waals surface area contributed by atoms with Gasteiger partial charge in [0, 0.05) is 6.42 Å². The smallest absolute Gasteiger partial charge is 0.309 e. The second-order valence-electron chi connectivity index (χ2n) is 12.0. The fourth-order valence-electron chi connectivity index (χ4n) is 5.24. The minimum Gasteiger partial charge on any atom is -0.481 e. The summed E-state index contributed by atoms with van der Waals surface area (Å²) in [6.07, 6.45) is 23.2. The van der Waals surface area contributed by atoms with E-state index in [1.807, 2.05) is 0 Å². The monoisotopic (exact) mass is 496 g/mol. The van der Waals surface area contributed by atoms with Crippen molar-refractivity contribution in [3.05, 3.63) is 0 Å². The Morgan fingerprint density at radius 3 is 1.14 bits per heavy atom. The molecule has 0 aromatic rings.